The number of para-hydroxylation sites is 1. The third kappa shape index (κ3) is 4.73. The van der Waals surface area contributed by atoms with Gasteiger partial charge in [-0.1, -0.05) is 12.1 Å². The minimum atomic E-state index is -0.196. The van der Waals surface area contributed by atoms with E-state index < -0.39 is 0 Å². The average Bonchev–Trinajstić information content (AvgIpc) is 3.30. The first-order valence-electron chi connectivity index (χ1n) is 11.8. The highest BCUT2D eigenvalue weighted by Gasteiger charge is 2.20. The summed E-state index contributed by atoms with van der Waals surface area (Å²) in [5.41, 5.74) is 3.11. The van der Waals surface area contributed by atoms with E-state index in [2.05, 4.69) is 25.5 Å². The van der Waals surface area contributed by atoms with Crippen LogP contribution in [0.3, 0.4) is 0 Å². The number of hydrogen-bond acceptors (Lipinski definition) is 7. The van der Waals surface area contributed by atoms with Crippen LogP contribution in [-0.2, 0) is 0 Å². The van der Waals surface area contributed by atoms with Crippen molar-refractivity contribution in [2.45, 2.75) is 19.3 Å². The summed E-state index contributed by atoms with van der Waals surface area (Å²) in [5, 5.41) is 5.97. The Bertz CT molecular complexity index is 1210. The minimum Gasteiger partial charge on any atom is -0.423 e. The monoisotopic (exact) mass is 460 g/mol. The van der Waals surface area contributed by atoms with Gasteiger partial charge in [-0.25, -0.2) is 0 Å². The van der Waals surface area contributed by atoms with Crippen molar-refractivity contribution in [3.63, 3.8) is 0 Å². The molecule has 0 unspecified atom stereocenters. The lowest BCUT2D eigenvalue weighted by molar-refractivity contribution is 0.0753. The molecule has 3 aromatic rings. The smallest absolute Gasteiger partial charge is 0.298 e. The summed E-state index contributed by atoms with van der Waals surface area (Å²) in [6.45, 7) is 3.48. The van der Waals surface area contributed by atoms with Crippen LogP contribution in [0.15, 0.2) is 51.9 Å². The van der Waals surface area contributed by atoms with E-state index in [1.807, 2.05) is 24.3 Å². The van der Waals surface area contributed by atoms with Crippen molar-refractivity contribution in [2.24, 2.45) is 4.99 Å². The molecule has 0 bridgehead atoms. The number of piperidine rings is 1. The first-order chi connectivity index (χ1) is 16.7. The van der Waals surface area contributed by atoms with Crippen molar-refractivity contribution < 1.29 is 14.0 Å². The third-order valence-electron chi connectivity index (χ3n) is 6.19. The van der Waals surface area contributed by atoms with Gasteiger partial charge in [-0.15, -0.1) is 0 Å². The summed E-state index contributed by atoms with van der Waals surface area (Å²) in [6, 6.07) is 13.3. The molecule has 1 fully saturated rings. The predicted octanol–water partition coefficient (Wildman–Crippen LogP) is 3.14. The molecule has 2 aliphatic rings. The summed E-state index contributed by atoms with van der Waals surface area (Å²) in [5.74, 6) is -0.328. The van der Waals surface area contributed by atoms with Crippen molar-refractivity contribution in [1.29, 1.82) is 0 Å². The Hall–Kier alpha value is -3.88. The molecule has 34 heavy (non-hydrogen) atoms. The van der Waals surface area contributed by atoms with Crippen molar-refractivity contribution in [2.75, 3.05) is 49.5 Å². The van der Waals surface area contributed by atoms with E-state index in [1.54, 1.807) is 29.4 Å². The molecule has 2 aliphatic heterocycles. The largest absolute Gasteiger partial charge is 0.423 e. The molecule has 0 atom stereocenters. The summed E-state index contributed by atoms with van der Waals surface area (Å²) >= 11 is 0. The number of aliphatic imine (C=N–C) groups is 1. The van der Waals surface area contributed by atoms with Gasteiger partial charge < -0.3 is 24.9 Å². The molecule has 9 heteroatoms. The van der Waals surface area contributed by atoms with Gasteiger partial charge in [0.15, 0.2) is 5.58 Å². The van der Waals surface area contributed by atoms with Gasteiger partial charge in [0.05, 0.1) is 24.1 Å². The number of oxazole rings is 1. The molecular weight excluding hydrogens is 432 g/mol. The molecule has 2 aromatic carbocycles. The number of benzene rings is 2. The Morgan fingerprint density at radius 3 is 2.74 bits per heavy atom. The number of aromatic nitrogens is 1. The molecule has 5 rings (SSSR count). The molecule has 9 nitrogen and oxygen atoms in total. The maximum Gasteiger partial charge on any atom is 0.298 e. The van der Waals surface area contributed by atoms with Crippen LogP contribution in [0, 0.1) is 0 Å². The van der Waals surface area contributed by atoms with E-state index in [4.69, 9.17) is 4.42 Å². The van der Waals surface area contributed by atoms with Gasteiger partial charge in [0.2, 0.25) is 0 Å². The van der Waals surface area contributed by atoms with Crippen LogP contribution in [-0.4, -0.2) is 67.3 Å². The third-order valence-corrected chi connectivity index (χ3v) is 6.19. The number of anilines is 2. The molecule has 2 N–H and O–H groups in total. The fraction of sp³-hybridized carbons (Fsp3) is 0.360. The Morgan fingerprint density at radius 2 is 1.85 bits per heavy atom. The van der Waals surface area contributed by atoms with Crippen LogP contribution >= 0.6 is 0 Å². The Morgan fingerprint density at radius 1 is 1.00 bits per heavy atom. The highest BCUT2D eigenvalue weighted by molar-refractivity contribution is 6.01. The second-order valence-electron chi connectivity index (χ2n) is 8.50. The zero-order valence-electron chi connectivity index (χ0n) is 19.0. The van der Waals surface area contributed by atoms with E-state index in [0.717, 1.165) is 31.4 Å². The van der Waals surface area contributed by atoms with E-state index in [1.165, 1.54) is 6.42 Å². The molecule has 0 radical (unpaired) electrons. The van der Waals surface area contributed by atoms with Crippen LogP contribution in [0.4, 0.5) is 11.7 Å². The molecule has 176 valence electrons. The van der Waals surface area contributed by atoms with Crippen molar-refractivity contribution in [1.82, 2.24) is 15.2 Å². The van der Waals surface area contributed by atoms with Crippen LogP contribution in [0.2, 0.25) is 0 Å². The van der Waals surface area contributed by atoms with E-state index in [9.17, 15) is 9.59 Å². The van der Waals surface area contributed by atoms with Gasteiger partial charge in [-0.05, 0) is 49.6 Å². The minimum absolute atomic E-state index is 0.132. The molecule has 0 aliphatic carbocycles. The highest BCUT2D eigenvalue weighted by atomic mass is 16.4. The summed E-state index contributed by atoms with van der Waals surface area (Å²) < 4.78 is 6.00. The summed E-state index contributed by atoms with van der Waals surface area (Å²) in [4.78, 5) is 38.8. The predicted molar refractivity (Wildman–Crippen MR) is 132 cm³/mol. The van der Waals surface area contributed by atoms with Crippen molar-refractivity contribution >= 4 is 41.0 Å². The second kappa shape index (κ2) is 9.94. The van der Waals surface area contributed by atoms with Gasteiger partial charge in [-0.2, -0.15) is 4.98 Å². The average molecular weight is 461 g/mol. The highest BCUT2D eigenvalue weighted by Crippen LogP contribution is 2.25. The lowest BCUT2D eigenvalue weighted by Gasteiger charge is -2.24. The summed E-state index contributed by atoms with van der Waals surface area (Å²) in [6.07, 6.45) is 5.08. The van der Waals surface area contributed by atoms with Gasteiger partial charge in [0, 0.05) is 38.3 Å². The lowest BCUT2D eigenvalue weighted by atomic mass is 10.1. The van der Waals surface area contributed by atoms with E-state index in [-0.39, 0.29) is 11.8 Å². The second-order valence-corrected chi connectivity index (χ2v) is 8.50. The van der Waals surface area contributed by atoms with Gasteiger partial charge in [0.1, 0.15) is 5.52 Å². The fourth-order valence-corrected chi connectivity index (χ4v) is 4.33. The molecule has 0 spiro atoms. The van der Waals surface area contributed by atoms with E-state index in [0.29, 0.717) is 54.6 Å². The maximum absolute atomic E-state index is 13.3. The normalized spacial score (nSPS) is 17.4. The zero-order valence-corrected chi connectivity index (χ0v) is 19.0. The van der Waals surface area contributed by atoms with Crippen LogP contribution < -0.4 is 15.5 Å². The van der Waals surface area contributed by atoms with Crippen LogP contribution in [0.5, 0.6) is 0 Å². The standard InChI is InChI=1S/C25H28N6O3/c32-23-19-6-2-3-7-20(19)28-17-26-10-14-30(15-11-27-23)24(33)18-8-9-21-22(16-18)34-25(29-21)31-12-4-1-5-13-31/h2-3,6-9,16-17H,1,4-5,10-15H2,(H,26,28)(H,27,32). The maximum atomic E-state index is 13.3. The Balaban J connectivity index is 1.32. The zero-order chi connectivity index (χ0) is 23.3. The Labute approximate surface area is 197 Å². The Kier molecular flexibility index (Phi) is 6.42. The number of amides is 2. The van der Waals surface area contributed by atoms with E-state index >= 15 is 0 Å². The van der Waals surface area contributed by atoms with Gasteiger partial charge >= 0.3 is 0 Å². The molecule has 1 saturated heterocycles. The molecule has 0 saturated carbocycles. The number of carbonyl (C=O) groups excluding carboxylic acids is 2. The van der Waals surface area contributed by atoms with Gasteiger partial charge in [0.25, 0.3) is 17.8 Å². The number of nitrogens with one attached hydrogen (secondary N) is 2. The number of nitrogens with zero attached hydrogens (tertiary/aromatic N) is 4. The number of fused-ring (bicyclic) bond motifs is 2. The molecule has 3 heterocycles. The fourth-order valence-electron chi connectivity index (χ4n) is 4.33. The summed E-state index contributed by atoms with van der Waals surface area (Å²) in [7, 11) is 0. The van der Waals surface area contributed by atoms with Crippen molar-refractivity contribution in [3.8, 4) is 0 Å². The lowest BCUT2D eigenvalue weighted by Crippen LogP contribution is -2.40. The SMILES string of the molecule is O=C1NCCN(C(=O)c2ccc3nc(N4CCCCC4)oc3c2)CCN=CNc2ccccc21. The quantitative estimate of drug-likeness (QED) is 0.609. The van der Waals surface area contributed by atoms with Gasteiger partial charge in [-0.3, -0.25) is 14.6 Å². The number of hydrogen-bond donors (Lipinski definition) is 2. The van der Waals surface area contributed by atoms with Crippen LogP contribution in [0.25, 0.3) is 11.1 Å². The molecular formula is C25H28N6O3. The number of rotatable bonds is 2. The van der Waals surface area contributed by atoms with Crippen molar-refractivity contribution in [3.05, 3.63) is 53.6 Å². The van der Waals surface area contributed by atoms with Crippen LogP contribution in [0.1, 0.15) is 40.0 Å². The topological polar surface area (TPSA) is 103 Å². The first-order valence-corrected chi connectivity index (χ1v) is 11.8. The first kappa shape index (κ1) is 21.9. The molecule has 1 aromatic heterocycles. The molecule has 2 amide bonds. The number of carbonyl (C=O) groups is 2.